The molecule has 3 aromatic rings. The number of nitrogens with one attached hydrogen (secondary N) is 1. The van der Waals surface area contributed by atoms with E-state index in [4.69, 9.17) is 14.4 Å². The Morgan fingerprint density at radius 1 is 1.26 bits per heavy atom. The summed E-state index contributed by atoms with van der Waals surface area (Å²) in [5, 5.41) is 25.4. The lowest BCUT2D eigenvalue weighted by Crippen LogP contribution is -2.36. The first kappa shape index (κ1) is 25.8. The summed E-state index contributed by atoms with van der Waals surface area (Å²) in [6, 6.07) is 5.98. The van der Waals surface area contributed by atoms with Crippen molar-refractivity contribution >= 4 is 17.2 Å². The molecule has 0 bridgehead atoms. The maximum absolute atomic E-state index is 11.1. The van der Waals surface area contributed by atoms with Gasteiger partial charge in [-0.05, 0) is 69.3 Å². The van der Waals surface area contributed by atoms with Crippen LogP contribution in [0.2, 0.25) is 0 Å². The normalized spacial score (nSPS) is 12.2. The number of aryl methyl sites for hydroxylation is 3. The maximum atomic E-state index is 11.1. The van der Waals surface area contributed by atoms with Crippen LogP contribution in [0.4, 0.5) is 0 Å². The lowest BCUT2D eigenvalue weighted by molar-refractivity contribution is -0.124. The summed E-state index contributed by atoms with van der Waals surface area (Å²) < 4.78 is 11.4. The number of aliphatic hydroxyl groups is 2. The fourth-order valence-electron chi connectivity index (χ4n) is 3.48. The molecule has 0 aliphatic rings. The zero-order valence-corrected chi connectivity index (χ0v) is 21.0. The number of ether oxygens (including phenoxy) is 1. The van der Waals surface area contributed by atoms with Crippen LogP contribution in [0, 0.1) is 13.8 Å². The molecule has 1 atom stereocenters. The van der Waals surface area contributed by atoms with E-state index >= 15 is 0 Å². The van der Waals surface area contributed by atoms with Crippen LogP contribution in [0.3, 0.4) is 0 Å². The topological polar surface area (TPSA) is 121 Å². The number of amides is 1. The second-order valence-corrected chi connectivity index (χ2v) is 9.58. The summed E-state index contributed by atoms with van der Waals surface area (Å²) in [5.41, 5.74) is 3.87. The van der Waals surface area contributed by atoms with Crippen molar-refractivity contribution in [2.75, 3.05) is 33.9 Å². The maximum Gasteiger partial charge on any atom is 0.268 e. The quantitative estimate of drug-likeness (QED) is 0.377. The molecule has 0 aliphatic carbocycles. The van der Waals surface area contributed by atoms with Gasteiger partial charge >= 0.3 is 0 Å². The van der Waals surface area contributed by atoms with Gasteiger partial charge in [0.2, 0.25) is 11.7 Å². The van der Waals surface area contributed by atoms with Gasteiger partial charge in [0.1, 0.15) is 25.1 Å². The highest BCUT2D eigenvalue weighted by Gasteiger charge is 2.18. The smallest absolute Gasteiger partial charge is 0.268 e. The number of hydrogen-bond acceptors (Lipinski definition) is 9. The van der Waals surface area contributed by atoms with Crippen LogP contribution in [-0.4, -0.2) is 71.1 Å². The van der Waals surface area contributed by atoms with Crippen molar-refractivity contribution in [1.29, 1.82) is 0 Å². The fourth-order valence-corrected chi connectivity index (χ4v) is 4.70. The zero-order chi connectivity index (χ0) is 24.8. The van der Waals surface area contributed by atoms with Gasteiger partial charge < -0.3 is 29.7 Å². The van der Waals surface area contributed by atoms with Gasteiger partial charge in [0, 0.05) is 23.5 Å². The number of aromatic nitrogens is 2. The first-order valence-corrected chi connectivity index (χ1v) is 11.9. The largest absolute Gasteiger partial charge is 0.490 e. The summed E-state index contributed by atoms with van der Waals surface area (Å²) in [5.74, 6) is 1.15. The van der Waals surface area contributed by atoms with E-state index in [1.165, 1.54) is 10.4 Å². The lowest BCUT2D eigenvalue weighted by Gasteiger charge is -2.17. The minimum Gasteiger partial charge on any atom is -0.490 e. The summed E-state index contributed by atoms with van der Waals surface area (Å²) in [4.78, 5) is 20.1. The molecular weight excluding hydrogens is 456 g/mol. The predicted molar refractivity (Wildman–Crippen MR) is 131 cm³/mol. The van der Waals surface area contributed by atoms with Gasteiger partial charge in [0.15, 0.2) is 0 Å². The Morgan fingerprint density at radius 3 is 2.71 bits per heavy atom. The third-order valence-electron chi connectivity index (χ3n) is 5.21. The zero-order valence-electron chi connectivity index (χ0n) is 20.2. The van der Waals surface area contributed by atoms with Crippen molar-refractivity contribution in [2.24, 2.45) is 0 Å². The third kappa shape index (κ3) is 6.41. The molecule has 0 spiro atoms. The molecule has 0 aliphatic heterocycles. The van der Waals surface area contributed by atoms with Gasteiger partial charge in [-0.3, -0.25) is 4.79 Å². The summed E-state index contributed by atoms with van der Waals surface area (Å²) in [6.07, 6.45) is -0.185. The number of carbonyl (C=O) groups excluding carboxylic acids is 1. The van der Waals surface area contributed by atoms with E-state index in [9.17, 15) is 9.90 Å². The summed E-state index contributed by atoms with van der Waals surface area (Å²) in [6.45, 7) is 6.29. The third-order valence-corrected chi connectivity index (χ3v) is 6.42. The highest BCUT2D eigenvalue weighted by Crippen LogP contribution is 2.34. The molecule has 2 aromatic heterocycles. The van der Waals surface area contributed by atoms with Crippen LogP contribution in [0.15, 0.2) is 22.7 Å². The summed E-state index contributed by atoms with van der Waals surface area (Å²) >= 11 is 1.66. The second kappa shape index (κ2) is 11.6. The molecule has 3 rings (SSSR count). The molecule has 1 aromatic carbocycles. The van der Waals surface area contributed by atoms with E-state index in [0.717, 1.165) is 28.1 Å². The van der Waals surface area contributed by atoms with Crippen molar-refractivity contribution in [1.82, 2.24) is 20.4 Å². The highest BCUT2D eigenvalue weighted by atomic mass is 32.1. The van der Waals surface area contributed by atoms with Gasteiger partial charge in [0.25, 0.3) is 5.89 Å². The van der Waals surface area contributed by atoms with Crippen LogP contribution < -0.4 is 10.1 Å². The van der Waals surface area contributed by atoms with E-state index in [0.29, 0.717) is 23.9 Å². The SMILES string of the molecule is CCc1cc(-c2noc(-c3cc(C)c(CN(C)C)s3)n2)cc(C)c1OC[C@@H](O)CNC(=O)CO. The van der Waals surface area contributed by atoms with Crippen LogP contribution in [-0.2, 0) is 17.8 Å². The molecule has 3 N–H and O–H groups in total. The number of benzene rings is 1. The molecule has 34 heavy (non-hydrogen) atoms. The minimum absolute atomic E-state index is 0.00205. The van der Waals surface area contributed by atoms with Crippen molar-refractivity contribution in [3.63, 3.8) is 0 Å². The number of hydrogen-bond donors (Lipinski definition) is 3. The number of nitrogens with zero attached hydrogens (tertiary/aromatic N) is 3. The van der Waals surface area contributed by atoms with Crippen molar-refractivity contribution in [3.05, 3.63) is 39.8 Å². The average molecular weight is 489 g/mol. The van der Waals surface area contributed by atoms with E-state index in [2.05, 4.69) is 33.3 Å². The molecule has 0 radical (unpaired) electrons. The Kier molecular flexibility index (Phi) is 8.78. The molecule has 2 heterocycles. The van der Waals surface area contributed by atoms with E-state index < -0.39 is 18.6 Å². The minimum atomic E-state index is -0.898. The Labute approximate surface area is 203 Å². The predicted octanol–water partition coefficient (Wildman–Crippen LogP) is 2.55. The molecule has 0 unspecified atom stereocenters. The fraction of sp³-hybridized carbons (Fsp3) is 0.458. The summed E-state index contributed by atoms with van der Waals surface area (Å²) in [7, 11) is 4.08. The molecular formula is C24H32N4O5S. The lowest BCUT2D eigenvalue weighted by atomic mass is 10.0. The molecule has 1 amide bonds. The first-order valence-electron chi connectivity index (χ1n) is 11.1. The van der Waals surface area contributed by atoms with Crippen LogP contribution in [0.5, 0.6) is 5.75 Å². The molecule has 0 fully saturated rings. The second-order valence-electron chi connectivity index (χ2n) is 8.44. The Hall–Kier alpha value is -2.79. The molecule has 10 heteroatoms. The van der Waals surface area contributed by atoms with Gasteiger partial charge in [-0.25, -0.2) is 0 Å². The molecule has 184 valence electrons. The average Bonchev–Trinajstić information content (AvgIpc) is 3.43. The van der Waals surface area contributed by atoms with E-state index in [1.54, 1.807) is 11.3 Å². The Balaban J connectivity index is 1.76. The van der Waals surface area contributed by atoms with Crippen molar-refractivity contribution in [3.8, 4) is 27.9 Å². The Bertz CT molecular complexity index is 1120. The van der Waals surface area contributed by atoms with Crippen LogP contribution >= 0.6 is 11.3 Å². The molecule has 9 nitrogen and oxygen atoms in total. The Morgan fingerprint density at radius 2 is 2.03 bits per heavy atom. The van der Waals surface area contributed by atoms with Gasteiger partial charge in [0.05, 0.1) is 4.88 Å². The standard InChI is InChI=1S/C24H32N4O5S/c1-6-16-9-17(7-15(3)22(16)32-13-18(30)10-25-21(31)12-29)23-26-24(33-27-23)19-8-14(2)20(34-19)11-28(4)5/h7-9,18,29-30H,6,10-13H2,1-5H3,(H,25,31)/t18-/m0/s1. The van der Waals surface area contributed by atoms with E-state index in [1.807, 2.05) is 40.1 Å². The van der Waals surface area contributed by atoms with Gasteiger partial charge in [-0.2, -0.15) is 4.98 Å². The number of rotatable bonds is 11. The van der Waals surface area contributed by atoms with Gasteiger partial charge in [-0.15, -0.1) is 11.3 Å². The molecule has 0 saturated carbocycles. The number of thiophene rings is 1. The highest BCUT2D eigenvalue weighted by molar-refractivity contribution is 7.15. The van der Waals surface area contributed by atoms with E-state index in [-0.39, 0.29) is 13.2 Å². The van der Waals surface area contributed by atoms with Crippen molar-refractivity contribution in [2.45, 2.75) is 39.8 Å². The molecule has 0 saturated heterocycles. The van der Waals surface area contributed by atoms with Crippen LogP contribution in [0.25, 0.3) is 22.2 Å². The van der Waals surface area contributed by atoms with Crippen molar-refractivity contribution < 1.29 is 24.3 Å². The van der Waals surface area contributed by atoms with Gasteiger partial charge in [-0.1, -0.05) is 12.1 Å². The first-order chi connectivity index (χ1) is 16.2. The monoisotopic (exact) mass is 488 g/mol. The number of aliphatic hydroxyl groups excluding tert-OH is 2. The number of carbonyl (C=O) groups is 1. The van der Waals surface area contributed by atoms with Crippen LogP contribution in [0.1, 0.15) is 28.5 Å².